The Hall–Kier alpha value is -2.49. The lowest BCUT2D eigenvalue weighted by Crippen LogP contribution is -2.27. The van der Waals surface area contributed by atoms with Crippen LogP contribution in [0.4, 0.5) is 0 Å². The molecule has 0 spiro atoms. The van der Waals surface area contributed by atoms with E-state index in [0.717, 1.165) is 12.8 Å². The molecule has 0 fully saturated rings. The third-order valence-electron chi connectivity index (χ3n) is 4.09. The maximum Gasteiger partial charge on any atom is 0.255 e. The molecule has 0 radical (unpaired) electrons. The summed E-state index contributed by atoms with van der Waals surface area (Å²) >= 11 is 0. The Bertz CT molecular complexity index is 696. The summed E-state index contributed by atoms with van der Waals surface area (Å²) in [6.07, 6.45) is 1.92. The van der Waals surface area contributed by atoms with Crippen molar-refractivity contribution in [3.05, 3.63) is 59.2 Å². The third kappa shape index (κ3) is 2.52. The minimum absolute atomic E-state index is 0.0552. The van der Waals surface area contributed by atoms with Crippen molar-refractivity contribution in [1.82, 2.24) is 5.32 Å². The summed E-state index contributed by atoms with van der Waals surface area (Å²) in [5.41, 5.74) is 3.01. The Morgan fingerprint density at radius 2 is 1.91 bits per heavy atom. The molecule has 0 saturated carbocycles. The van der Waals surface area contributed by atoms with Gasteiger partial charge in [0.15, 0.2) is 11.5 Å². The molecule has 1 aliphatic rings. The van der Waals surface area contributed by atoms with Gasteiger partial charge in [-0.1, -0.05) is 30.3 Å². The lowest BCUT2D eigenvalue weighted by Gasteiger charge is -2.16. The third-order valence-corrected chi connectivity index (χ3v) is 4.09. The first-order valence-electron chi connectivity index (χ1n) is 7.34. The molecule has 4 nitrogen and oxygen atoms in total. The first-order chi connectivity index (χ1) is 10.7. The van der Waals surface area contributed by atoms with Crippen LogP contribution in [-0.2, 0) is 6.42 Å². The monoisotopic (exact) mass is 297 g/mol. The summed E-state index contributed by atoms with van der Waals surface area (Å²) in [6, 6.07) is 13.6. The normalized spacial score (nSPS) is 16.0. The van der Waals surface area contributed by atoms with Gasteiger partial charge in [-0.2, -0.15) is 0 Å². The van der Waals surface area contributed by atoms with Crippen LogP contribution < -0.4 is 14.8 Å². The number of ether oxygens (including phenoxy) is 2. The predicted molar refractivity (Wildman–Crippen MR) is 84.5 cm³/mol. The number of carbonyl (C=O) groups excluding carboxylic acids is 1. The number of fused-ring (bicyclic) bond motifs is 1. The van der Waals surface area contributed by atoms with E-state index >= 15 is 0 Å². The lowest BCUT2D eigenvalue weighted by atomic mass is 10.1. The maximum atomic E-state index is 12.6. The zero-order chi connectivity index (χ0) is 15.5. The van der Waals surface area contributed by atoms with Crippen molar-refractivity contribution >= 4 is 5.91 Å². The average Bonchev–Trinajstić information content (AvgIpc) is 2.97. The van der Waals surface area contributed by atoms with Crippen LogP contribution in [0.5, 0.6) is 11.5 Å². The van der Waals surface area contributed by atoms with Gasteiger partial charge in [-0.25, -0.2) is 0 Å². The van der Waals surface area contributed by atoms with Crippen molar-refractivity contribution in [2.75, 3.05) is 14.2 Å². The van der Waals surface area contributed by atoms with E-state index in [-0.39, 0.29) is 11.9 Å². The number of methoxy groups -OCH3 is 2. The first kappa shape index (κ1) is 14.4. The summed E-state index contributed by atoms with van der Waals surface area (Å²) in [5, 5.41) is 3.10. The number of amides is 1. The van der Waals surface area contributed by atoms with Crippen molar-refractivity contribution in [3.8, 4) is 11.5 Å². The second-order valence-corrected chi connectivity index (χ2v) is 5.30. The molecule has 0 aliphatic heterocycles. The van der Waals surface area contributed by atoms with Crippen molar-refractivity contribution in [3.63, 3.8) is 0 Å². The molecule has 0 unspecified atom stereocenters. The minimum atomic E-state index is -0.141. The first-order valence-corrected chi connectivity index (χ1v) is 7.34. The van der Waals surface area contributed by atoms with E-state index < -0.39 is 0 Å². The molecule has 2 aromatic carbocycles. The number of carbonyl (C=O) groups is 1. The van der Waals surface area contributed by atoms with E-state index in [1.807, 2.05) is 12.1 Å². The van der Waals surface area contributed by atoms with E-state index in [4.69, 9.17) is 9.47 Å². The number of nitrogens with one attached hydrogen (secondary N) is 1. The summed E-state index contributed by atoms with van der Waals surface area (Å²) in [7, 11) is 3.10. The van der Waals surface area contributed by atoms with E-state index in [1.54, 1.807) is 32.4 Å². The fraction of sp³-hybridized carbons (Fsp3) is 0.278. The molecule has 22 heavy (non-hydrogen) atoms. The van der Waals surface area contributed by atoms with Crippen LogP contribution in [0.3, 0.4) is 0 Å². The zero-order valence-electron chi connectivity index (χ0n) is 12.8. The topological polar surface area (TPSA) is 47.6 Å². The van der Waals surface area contributed by atoms with E-state index in [2.05, 4.69) is 17.4 Å². The quantitative estimate of drug-likeness (QED) is 0.943. The fourth-order valence-corrected chi connectivity index (χ4v) is 3.01. The molecule has 2 aromatic rings. The molecule has 0 bridgehead atoms. The molecule has 0 aromatic heterocycles. The molecule has 0 saturated heterocycles. The van der Waals surface area contributed by atoms with E-state index in [0.29, 0.717) is 17.1 Å². The summed E-state index contributed by atoms with van der Waals surface area (Å²) in [4.78, 5) is 12.6. The van der Waals surface area contributed by atoms with Crippen LogP contribution >= 0.6 is 0 Å². The molecule has 114 valence electrons. The highest BCUT2D eigenvalue weighted by atomic mass is 16.5. The molecular formula is C18H19NO3. The number of rotatable bonds is 4. The summed E-state index contributed by atoms with van der Waals surface area (Å²) < 4.78 is 10.6. The minimum Gasteiger partial charge on any atom is -0.493 e. The van der Waals surface area contributed by atoms with Gasteiger partial charge in [0.1, 0.15) is 0 Å². The number of hydrogen-bond acceptors (Lipinski definition) is 3. The second kappa shape index (κ2) is 6.10. The van der Waals surface area contributed by atoms with Crippen molar-refractivity contribution < 1.29 is 14.3 Å². The van der Waals surface area contributed by atoms with Crippen molar-refractivity contribution in [1.29, 1.82) is 0 Å². The van der Waals surface area contributed by atoms with E-state index in [9.17, 15) is 4.79 Å². The number of benzene rings is 2. The number of hydrogen-bond donors (Lipinski definition) is 1. The van der Waals surface area contributed by atoms with Gasteiger partial charge >= 0.3 is 0 Å². The Morgan fingerprint density at radius 1 is 1.09 bits per heavy atom. The smallest absolute Gasteiger partial charge is 0.255 e. The molecule has 1 aliphatic carbocycles. The Labute approximate surface area is 130 Å². The van der Waals surface area contributed by atoms with E-state index in [1.165, 1.54) is 11.1 Å². The summed E-state index contributed by atoms with van der Waals surface area (Å²) in [5.74, 6) is 0.883. The highest BCUT2D eigenvalue weighted by Gasteiger charge is 2.25. The van der Waals surface area contributed by atoms with Gasteiger partial charge in [-0.3, -0.25) is 4.79 Å². The highest BCUT2D eigenvalue weighted by Crippen LogP contribution is 2.33. The predicted octanol–water partition coefficient (Wildman–Crippen LogP) is 3.12. The summed E-state index contributed by atoms with van der Waals surface area (Å²) in [6.45, 7) is 0. The zero-order valence-corrected chi connectivity index (χ0v) is 12.8. The van der Waals surface area contributed by atoms with Crippen LogP contribution in [0, 0.1) is 0 Å². The molecule has 1 N–H and O–H groups in total. The van der Waals surface area contributed by atoms with Gasteiger partial charge in [0.25, 0.3) is 5.91 Å². The number of para-hydroxylation sites is 1. The van der Waals surface area contributed by atoms with Gasteiger partial charge in [-0.15, -0.1) is 0 Å². The molecular weight excluding hydrogens is 278 g/mol. The second-order valence-electron chi connectivity index (χ2n) is 5.30. The Kier molecular flexibility index (Phi) is 4.00. The van der Waals surface area contributed by atoms with Gasteiger partial charge in [0.2, 0.25) is 0 Å². The van der Waals surface area contributed by atoms with Crippen LogP contribution in [0.25, 0.3) is 0 Å². The van der Waals surface area contributed by atoms with Crippen molar-refractivity contribution in [2.24, 2.45) is 0 Å². The van der Waals surface area contributed by atoms with Gasteiger partial charge in [-0.05, 0) is 36.1 Å². The Balaban J connectivity index is 1.84. The van der Waals surface area contributed by atoms with Crippen molar-refractivity contribution in [2.45, 2.75) is 18.9 Å². The molecule has 0 heterocycles. The average molecular weight is 297 g/mol. The van der Waals surface area contributed by atoms with Crippen LogP contribution in [0.15, 0.2) is 42.5 Å². The number of aryl methyl sites for hydroxylation is 1. The largest absolute Gasteiger partial charge is 0.493 e. The highest BCUT2D eigenvalue weighted by molar-refractivity contribution is 5.98. The molecule has 3 rings (SSSR count). The molecule has 4 heteroatoms. The molecule has 1 amide bonds. The van der Waals surface area contributed by atoms with Gasteiger partial charge in [0.05, 0.1) is 25.8 Å². The SMILES string of the molecule is COc1cccc(C(=O)N[C@@H]2CCc3ccccc32)c1OC. The molecule has 1 atom stereocenters. The van der Waals surface area contributed by atoms with Gasteiger partial charge in [0, 0.05) is 0 Å². The van der Waals surface area contributed by atoms with Crippen LogP contribution in [-0.4, -0.2) is 20.1 Å². The van der Waals surface area contributed by atoms with Gasteiger partial charge < -0.3 is 14.8 Å². The maximum absolute atomic E-state index is 12.6. The standard InChI is InChI=1S/C18H19NO3/c1-21-16-9-5-8-14(17(16)22-2)18(20)19-15-11-10-12-6-3-4-7-13(12)15/h3-9,15H,10-11H2,1-2H3,(H,19,20)/t15-/m1/s1. The van der Waals surface area contributed by atoms with Crippen LogP contribution in [0.1, 0.15) is 33.9 Å². The Morgan fingerprint density at radius 3 is 2.68 bits per heavy atom. The lowest BCUT2D eigenvalue weighted by molar-refractivity contribution is 0.0933. The van der Waals surface area contributed by atoms with Crippen LogP contribution in [0.2, 0.25) is 0 Å². The fourth-order valence-electron chi connectivity index (χ4n) is 3.01.